The Kier molecular flexibility index (Phi) is 16.3. The Hall–Kier alpha value is -6.28. The van der Waals surface area contributed by atoms with Crippen LogP contribution in [0.1, 0.15) is 93.0 Å². The first-order chi connectivity index (χ1) is 32.3. The van der Waals surface area contributed by atoms with Gasteiger partial charge in [0.1, 0.15) is 18.2 Å². The van der Waals surface area contributed by atoms with E-state index in [1.807, 2.05) is 94.9 Å². The molecule has 352 valence electrons. The molecule has 0 saturated carbocycles. The molecular formula is C50H58ClN9O6S. The van der Waals surface area contributed by atoms with Crippen molar-refractivity contribution in [2.45, 2.75) is 104 Å². The minimum Gasteiger partial charge on any atom is -0.479 e. The quantitative estimate of drug-likeness (QED) is 0.0587. The first kappa shape index (κ1) is 48.6. The van der Waals surface area contributed by atoms with E-state index in [1.165, 1.54) is 4.90 Å². The smallest absolute Gasteiger partial charge is 0.251 e. The van der Waals surface area contributed by atoms with Crippen LogP contribution in [-0.4, -0.2) is 92.4 Å². The van der Waals surface area contributed by atoms with Crippen molar-refractivity contribution < 1.29 is 29.1 Å². The van der Waals surface area contributed by atoms with Crippen molar-refractivity contribution in [3.8, 4) is 27.8 Å². The van der Waals surface area contributed by atoms with Gasteiger partial charge in [-0.15, -0.1) is 11.3 Å². The number of amides is 3. The number of carbonyl (C=O) groups is 3. The predicted molar refractivity (Wildman–Crippen MR) is 259 cm³/mol. The van der Waals surface area contributed by atoms with Gasteiger partial charge in [-0.1, -0.05) is 60.9 Å². The van der Waals surface area contributed by atoms with Crippen molar-refractivity contribution in [3.63, 3.8) is 0 Å². The number of anilines is 1. The molecule has 1 fully saturated rings. The summed E-state index contributed by atoms with van der Waals surface area (Å²) in [6, 6.07) is 23.2. The van der Waals surface area contributed by atoms with Crippen molar-refractivity contribution in [2.24, 2.45) is 17.0 Å². The zero-order chi connectivity index (χ0) is 47.6. The van der Waals surface area contributed by atoms with Gasteiger partial charge >= 0.3 is 0 Å². The van der Waals surface area contributed by atoms with E-state index in [1.54, 1.807) is 40.3 Å². The largest absolute Gasteiger partial charge is 0.479 e. The fourth-order valence-corrected chi connectivity index (χ4v) is 9.53. The molecule has 2 aromatic heterocycles. The van der Waals surface area contributed by atoms with Gasteiger partial charge in [-0.3, -0.25) is 19.1 Å². The molecule has 0 radical (unpaired) electrons. The van der Waals surface area contributed by atoms with Gasteiger partial charge in [-0.25, -0.2) is 4.98 Å². The number of aromatic nitrogens is 3. The van der Waals surface area contributed by atoms with E-state index in [4.69, 9.17) is 26.4 Å². The standard InChI is InChI=1S/C50H58ClN9O6S/c1-30(2)46(50(64)60-28-40(61)24-43(60)49(63)56-32(4)34-9-11-35(12-10-34)47-33(5)54-29-67-47)44-25-45(58-66-44)65-22-8-6-7-20-53-39-17-15-36(16-18-39)48(62)55-31(3)27-59-21-19-42(57-59)37-13-14-38(26-52)41(51)23-37/h9-19,21,23,29-32,40,43-44,46,53,61H,6-8,20,22,24-25,27-28H2,1-5H3,(H,55,62)(H,56,63)/t31-,32-,40+,43?,44?,46?/m0/s1. The molecular weight excluding hydrogens is 890 g/mol. The maximum atomic E-state index is 14.2. The predicted octanol–water partition coefficient (Wildman–Crippen LogP) is 8.14. The van der Waals surface area contributed by atoms with Crippen LogP contribution in [0.25, 0.3) is 21.7 Å². The van der Waals surface area contributed by atoms with Crippen LogP contribution in [0.5, 0.6) is 0 Å². The van der Waals surface area contributed by atoms with Crippen molar-refractivity contribution in [3.05, 3.63) is 112 Å². The number of aryl methyl sites for hydroxylation is 1. The van der Waals surface area contributed by atoms with Crippen LogP contribution < -0.4 is 16.0 Å². The Morgan fingerprint density at radius 3 is 2.46 bits per heavy atom. The highest BCUT2D eigenvalue weighted by Gasteiger charge is 2.46. The molecule has 4 heterocycles. The summed E-state index contributed by atoms with van der Waals surface area (Å²) in [6.45, 7) is 11.5. The summed E-state index contributed by atoms with van der Waals surface area (Å²) in [5, 5.41) is 38.5. The maximum absolute atomic E-state index is 14.2. The molecule has 0 bridgehead atoms. The van der Waals surface area contributed by atoms with E-state index in [0.29, 0.717) is 41.6 Å². The van der Waals surface area contributed by atoms with Gasteiger partial charge in [-0.05, 0) is 99.5 Å². The molecule has 3 aromatic carbocycles. The van der Waals surface area contributed by atoms with Crippen molar-refractivity contribution in [2.75, 3.05) is 25.0 Å². The summed E-state index contributed by atoms with van der Waals surface area (Å²) in [4.78, 5) is 53.6. The van der Waals surface area contributed by atoms with Gasteiger partial charge in [0, 0.05) is 48.6 Å². The minimum absolute atomic E-state index is 0.0713. The number of nitriles is 1. The van der Waals surface area contributed by atoms with Crippen LogP contribution in [-0.2, 0) is 25.7 Å². The number of likely N-dealkylation sites (tertiary alicyclic amines) is 1. The minimum atomic E-state index is -0.812. The number of oxime groups is 1. The average molecular weight is 949 g/mol. The molecule has 6 atom stereocenters. The van der Waals surface area contributed by atoms with Crippen LogP contribution >= 0.6 is 22.9 Å². The van der Waals surface area contributed by atoms with E-state index in [-0.39, 0.29) is 48.7 Å². The number of rotatable bonds is 19. The summed E-state index contributed by atoms with van der Waals surface area (Å²) in [5.74, 6) is -0.977. The Morgan fingerprint density at radius 1 is 1.00 bits per heavy atom. The highest BCUT2D eigenvalue weighted by molar-refractivity contribution is 7.13. The van der Waals surface area contributed by atoms with Crippen molar-refractivity contribution in [1.82, 2.24) is 30.3 Å². The number of nitrogens with zero attached hydrogens (tertiary/aromatic N) is 6. The highest BCUT2D eigenvalue weighted by atomic mass is 35.5. The summed E-state index contributed by atoms with van der Waals surface area (Å²) >= 11 is 7.78. The van der Waals surface area contributed by atoms with Gasteiger partial charge in [0.05, 0.1) is 70.0 Å². The number of halogens is 1. The zero-order valence-corrected chi connectivity index (χ0v) is 40.0. The summed E-state index contributed by atoms with van der Waals surface area (Å²) in [7, 11) is 0. The van der Waals surface area contributed by atoms with Crippen LogP contribution in [0.15, 0.2) is 89.7 Å². The molecule has 2 aliphatic rings. The number of hydrogen-bond donors (Lipinski definition) is 4. The number of thiazole rings is 1. The van der Waals surface area contributed by atoms with Crippen molar-refractivity contribution >= 4 is 52.2 Å². The number of hydrogen-bond acceptors (Lipinski definition) is 12. The number of β-amino-alcohol motifs (C(OH)–C–C–N with tert-alkyl or cyclic N) is 1. The van der Waals surface area contributed by atoms with Crippen LogP contribution in [0, 0.1) is 30.1 Å². The molecule has 67 heavy (non-hydrogen) atoms. The summed E-state index contributed by atoms with van der Waals surface area (Å²) in [5.41, 5.74) is 8.22. The van der Waals surface area contributed by atoms with Crippen LogP contribution in [0.2, 0.25) is 5.02 Å². The van der Waals surface area contributed by atoms with Crippen LogP contribution in [0.3, 0.4) is 0 Å². The third kappa shape index (κ3) is 12.4. The Balaban J connectivity index is 0.789. The Morgan fingerprint density at radius 2 is 1.76 bits per heavy atom. The summed E-state index contributed by atoms with van der Waals surface area (Å²) < 4.78 is 7.74. The van der Waals surface area contributed by atoms with Crippen molar-refractivity contribution in [1.29, 1.82) is 5.26 Å². The second-order valence-electron chi connectivity index (χ2n) is 17.6. The van der Waals surface area contributed by atoms with Gasteiger partial charge in [0.25, 0.3) is 5.91 Å². The molecule has 1 saturated heterocycles. The lowest BCUT2D eigenvalue weighted by atomic mass is 9.87. The molecule has 0 aliphatic carbocycles. The number of benzene rings is 3. The van der Waals surface area contributed by atoms with E-state index >= 15 is 0 Å². The SMILES string of the molecule is Cc1ncsc1-c1ccc([C@H](C)NC(=O)C2C[C@@H](O)CN2C(=O)C(C(C)C)C2CC(OCCCCCNc3ccc(C(=O)N[C@@H](C)Cn4ccc(-c5ccc(C#N)c(Cl)c5)n4)cc3)=NO2)cc1. The molecule has 2 aliphatic heterocycles. The van der Waals surface area contributed by atoms with Gasteiger partial charge in [-0.2, -0.15) is 10.4 Å². The lowest BCUT2D eigenvalue weighted by molar-refractivity contribution is -0.147. The first-order valence-electron chi connectivity index (χ1n) is 22.8. The lowest BCUT2D eigenvalue weighted by Crippen LogP contribution is -2.51. The number of unbranched alkanes of at least 4 members (excludes halogenated alkanes) is 2. The van der Waals surface area contributed by atoms with E-state index < -0.39 is 24.2 Å². The Labute approximate surface area is 400 Å². The fraction of sp³-hybridized carbons (Fsp3) is 0.420. The second-order valence-corrected chi connectivity index (χ2v) is 18.9. The molecule has 7 rings (SSSR count). The lowest BCUT2D eigenvalue weighted by Gasteiger charge is -2.32. The van der Waals surface area contributed by atoms with E-state index in [9.17, 15) is 19.5 Å². The number of ether oxygens (including phenoxy) is 1. The van der Waals surface area contributed by atoms with Crippen LogP contribution in [0.4, 0.5) is 5.69 Å². The maximum Gasteiger partial charge on any atom is 0.251 e. The van der Waals surface area contributed by atoms with Gasteiger partial charge < -0.3 is 35.5 Å². The molecule has 15 nitrogen and oxygen atoms in total. The summed E-state index contributed by atoms with van der Waals surface area (Å²) in [6.07, 6.45) is 3.60. The molecule has 3 unspecified atom stereocenters. The number of aliphatic hydroxyl groups excluding tert-OH is 1. The average Bonchev–Trinajstić information content (AvgIpc) is 4.15. The topological polar surface area (TPSA) is 196 Å². The highest BCUT2D eigenvalue weighted by Crippen LogP contribution is 2.32. The monoisotopic (exact) mass is 947 g/mol. The number of carbonyl (C=O) groups excluding carboxylic acids is 3. The first-order valence-corrected chi connectivity index (χ1v) is 24.1. The molecule has 3 amide bonds. The zero-order valence-electron chi connectivity index (χ0n) is 38.4. The number of nitrogens with one attached hydrogen (secondary N) is 3. The van der Waals surface area contributed by atoms with Gasteiger partial charge in [0.2, 0.25) is 17.7 Å². The Bertz CT molecular complexity index is 2570. The molecule has 0 spiro atoms. The second kappa shape index (κ2) is 22.5. The molecule has 17 heteroatoms. The van der Waals surface area contributed by atoms with E-state index in [0.717, 1.165) is 64.4 Å². The molecule has 4 N–H and O–H groups in total. The molecule has 5 aromatic rings. The number of aliphatic hydroxyl groups is 1. The third-order valence-electron chi connectivity index (χ3n) is 12.1. The third-order valence-corrected chi connectivity index (χ3v) is 13.4. The fourth-order valence-electron chi connectivity index (χ4n) is 8.50. The normalized spacial score (nSPS) is 18.1. The van der Waals surface area contributed by atoms with Gasteiger partial charge in [0.15, 0.2) is 0 Å². The van der Waals surface area contributed by atoms with E-state index in [2.05, 4.69) is 37.3 Å².